The quantitative estimate of drug-likeness (QED) is 0.296. The number of nitrogens with zero attached hydrogens (tertiary/aromatic N) is 1. The number of aliphatic hydroxyl groups is 1. The highest BCUT2D eigenvalue weighted by Crippen LogP contribution is 2.26. The highest BCUT2D eigenvalue weighted by Gasteiger charge is 2.36. The summed E-state index contributed by atoms with van der Waals surface area (Å²) in [5.74, 6) is -1.36. The van der Waals surface area contributed by atoms with Crippen LogP contribution in [0.1, 0.15) is 50.8 Å². The van der Waals surface area contributed by atoms with Gasteiger partial charge in [-0.2, -0.15) is 0 Å². The van der Waals surface area contributed by atoms with Gasteiger partial charge in [-0.3, -0.25) is 14.4 Å². The Morgan fingerprint density at radius 1 is 1.12 bits per heavy atom. The van der Waals surface area contributed by atoms with Crippen molar-refractivity contribution in [1.82, 2.24) is 10.2 Å². The van der Waals surface area contributed by atoms with E-state index in [9.17, 15) is 24.3 Å². The Balaban J connectivity index is 2.52. The number of ether oxygens (including phenoxy) is 2. The highest BCUT2D eigenvalue weighted by atomic mass is 16.6. The molecule has 0 spiro atoms. The van der Waals surface area contributed by atoms with Gasteiger partial charge in [0.1, 0.15) is 23.4 Å². The molecule has 0 saturated carbocycles. The van der Waals surface area contributed by atoms with Crippen molar-refractivity contribution in [3.05, 3.63) is 66.2 Å². The third-order valence-corrected chi connectivity index (χ3v) is 5.67. The standard InChI is InChI=1S/C29H38N4O7/c1-6-19-8-7-9-20(18-19)25(26(36)31-21-10-12-22(39-5)13-11-21)33(16-17-34)27(37)23(14-15-24(30)35)32-28(38)40-29(2,3)4/h6-13,18,23,25,34H,1,14-17H2,2-5H3,(H2,30,35)(H,31,36)(H,32,38). The summed E-state index contributed by atoms with van der Waals surface area (Å²) in [6.07, 6.45) is 0.356. The first-order chi connectivity index (χ1) is 18.9. The first-order valence-electron chi connectivity index (χ1n) is 12.7. The predicted octanol–water partition coefficient (Wildman–Crippen LogP) is 3.00. The van der Waals surface area contributed by atoms with E-state index in [1.807, 2.05) is 0 Å². The molecule has 0 aliphatic rings. The minimum absolute atomic E-state index is 0.144. The van der Waals surface area contributed by atoms with E-state index in [4.69, 9.17) is 15.2 Å². The van der Waals surface area contributed by atoms with Crippen LogP contribution in [0.5, 0.6) is 5.75 Å². The van der Waals surface area contributed by atoms with Gasteiger partial charge in [0.25, 0.3) is 5.91 Å². The average Bonchev–Trinajstić information content (AvgIpc) is 2.89. The van der Waals surface area contributed by atoms with Gasteiger partial charge in [-0.05, 0) is 68.7 Å². The molecule has 2 unspecified atom stereocenters. The molecule has 5 N–H and O–H groups in total. The third kappa shape index (κ3) is 9.73. The monoisotopic (exact) mass is 554 g/mol. The van der Waals surface area contributed by atoms with Crippen molar-refractivity contribution in [2.75, 3.05) is 25.6 Å². The SMILES string of the molecule is C=Cc1cccc(C(C(=O)Nc2ccc(OC)cc2)N(CCO)C(=O)C(CCC(N)=O)NC(=O)OC(C)(C)C)c1. The van der Waals surface area contributed by atoms with Gasteiger partial charge in [0.2, 0.25) is 11.8 Å². The number of rotatable bonds is 13. The van der Waals surface area contributed by atoms with Crippen LogP contribution in [0.4, 0.5) is 10.5 Å². The summed E-state index contributed by atoms with van der Waals surface area (Å²) in [6, 6.07) is 11.0. The normalized spacial score (nSPS) is 12.4. The maximum Gasteiger partial charge on any atom is 0.408 e. The van der Waals surface area contributed by atoms with Gasteiger partial charge < -0.3 is 35.8 Å². The molecule has 0 aliphatic heterocycles. The number of hydrogen-bond acceptors (Lipinski definition) is 7. The van der Waals surface area contributed by atoms with Gasteiger partial charge in [-0.15, -0.1) is 0 Å². The fourth-order valence-electron chi connectivity index (χ4n) is 3.88. The van der Waals surface area contributed by atoms with E-state index in [0.29, 0.717) is 22.6 Å². The second kappa shape index (κ2) is 14.7. The zero-order valence-corrected chi connectivity index (χ0v) is 23.3. The lowest BCUT2D eigenvalue weighted by Gasteiger charge is -2.34. The van der Waals surface area contributed by atoms with Gasteiger partial charge in [0, 0.05) is 18.7 Å². The van der Waals surface area contributed by atoms with Crippen LogP contribution in [-0.2, 0) is 19.1 Å². The maximum atomic E-state index is 13.9. The van der Waals surface area contributed by atoms with Gasteiger partial charge in [-0.25, -0.2) is 4.79 Å². The molecular weight excluding hydrogens is 516 g/mol. The van der Waals surface area contributed by atoms with E-state index in [1.165, 1.54) is 7.11 Å². The van der Waals surface area contributed by atoms with Crippen molar-refractivity contribution in [2.24, 2.45) is 5.73 Å². The molecular formula is C29H38N4O7. The van der Waals surface area contributed by atoms with Crippen molar-refractivity contribution in [1.29, 1.82) is 0 Å². The molecule has 2 aromatic carbocycles. The lowest BCUT2D eigenvalue weighted by Crippen LogP contribution is -2.53. The molecule has 11 nitrogen and oxygen atoms in total. The molecule has 0 heterocycles. The van der Waals surface area contributed by atoms with E-state index in [-0.39, 0.29) is 19.4 Å². The van der Waals surface area contributed by atoms with Crippen LogP contribution in [0.25, 0.3) is 6.08 Å². The van der Waals surface area contributed by atoms with Crippen LogP contribution < -0.4 is 21.1 Å². The van der Waals surface area contributed by atoms with E-state index in [0.717, 1.165) is 4.90 Å². The molecule has 0 fully saturated rings. The summed E-state index contributed by atoms with van der Waals surface area (Å²) < 4.78 is 10.5. The molecule has 0 bridgehead atoms. The lowest BCUT2D eigenvalue weighted by atomic mass is 9.99. The topological polar surface area (TPSA) is 160 Å². The first-order valence-corrected chi connectivity index (χ1v) is 12.7. The number of nitrogens with one attached hydrogen (secondary N) is 2. The lowest BCUT2D eigenvalue weighted by molar-refractivity contribution is -0.141. The summed E-state index contributed by atoms with van der Waals surface area (Å²) in [5.41, 5.74) is 6.06. The molecule has 40 heavy (non-hydrogen) atoms. The minimum atomic E-state index is -1.27. The molecule has 0 saturated heterocycles. The van der Waals surface area contributed by atoms with Crippen molar-refractivity contribution >= 4 is 35.6 Å². The molecule has 216 valence electrons. The molecule has 0 aliphatic carbocycles. The predicted molar refractivity (Wildman–Crippen MR) is 151 cm³/mol. The minimum Gasteiger partial charge on any atom is -0.497 e. The molecule has 4 amide bonds. The number of carbonyl (C=O) groups excluding carboxylic acids is 4. The summed E-state index contributed by atoms with van der Waals surface area (Å²) >= 11 is 0. The van der Waals surface area contributed by atoms with E-state index < -0.39 is 48.1 Å². The Hall–Kier alpha value is -4.38. The molecule has 2 rings (SSSR count). The number of primary amides is 1. The Labute approximate surface area is 234 Å². The first kappa shape index (κ1) is 31.8. The Bertz CT molecular complexity index is 1190. The summed E-state index contributed by atoms with van der Waals surface area (Å²) in [7, 11) is 1.52. The zero-order chi connectivity index (χ0) is 29.9. The Kier molecular flexibility index (Phi) is 11.7. The number of amides is 4. The summed E-state index contributed by atoms with van der Waals surface area (Å²) in [5, 5.41) is 15.2. The number of methoxy groups -OCH3 is 1. The summed E-state index contributed by atoms with van der Waals surface area (Å²) in [6.45, 7) is 8.03. The smallest absolute Gasteiger partial charge is 0.408 e. The fraction of sp³-hybridized carbons (Fsp3) is 0.379. The van der Waals surface area contributed by atoms with Crippen LogP contribution in [0.2, 0.25) is 0 Å². The maximum absolute atomic E-state index is 13.9. The summed E-state index contributed by atoms with van der Waals surface area (Å²) in [4.78, 5) is 53.0. The van der Waals surface area contributed by atoms with Crippen LogP contribution in [0, 0.1) is 0 Å². The van der Waals surface area contributed by atoms with Crippen molar-refractivity contribution in [2.45, 2.75) is 51.3 Å². The van der Waals surface area contributed by atoms with Crippen LogP contribution in [0.15, 0.2) is 55.1 Å². The number of benzene rings is 2. The molecule has 11 heteroatoms. The Morgan fingerprint density at radius 3 is 2.35 bits per heavy atom. The molecule has 2 aromatic rings. The number of nitrogens with two attached hydrogens (primary N) is 1. The van der Waals surface area contributed by atoms with E-state index >= 15 is 0 Å². The zero-order valence-electron chi connectivity index (χ0n) is 23.3. The second-order valence-corrected chi connectivity index (χ2v) is 9.95. The molecule has 0 aromatic heterocycles. The van der Waals surface area contributed by atoms with Crippen molar-refractivity contribution in [3.63, 3.8) is 0 Å². The van der Waals surface area contributed by atoms with Crippen LogP contribution in [0.3, 0.4) is 0 Å². The largest absolute Gasteiger partial charge is 0.497 e. The number of anilines is 1. The number of carbonyl (C=O) groups is 4. The van der Waals surface area contributed by atoms with Crippen LogP contribution in [-0.4, -0.2) is 65.7 Å². The highest BCUT2D eigenvalue weighted by molar-refractivity contribution is 5.99. The van der Waals surface area contributed by atoms with Crippen LogP contribution >= 0.6 is 0 Å². The number of hydrogen-bond donors (Lipinski definition) is 4. The van der Waals surface area contributed by atoms with Gasteiger partial charge in [-0.1, -0.05) is 30.9 Å². The average molecular weight is 555 g/mol. The molecule has 0 radical (unpaired) electrons. The van der Waals surface area contributed by atoms with Gasteiger partial charge >= 0.3 is 6.09 Å². The number of alkyl carbamates (subject to hydrolysis) is 1. The third-order valence-electron chi connectivity index (χ3n) is 5.67. The van der Waals surface area contributed by atoms with E-state index in [2.05, 4.69) is 17.2 Å². The fourth-order valence-corrected chi connectivity index (χ4v) is 3.88. The van der Waals surface area contributed by atoms with E-state index in [1.54, 1.807) is 75.4 Å². The number of aliphatic hydroxyl groups excluding tert-OH is 1. The Morgan fingerprint density at radius 2 is 1.80 bits per heavy atom. The second-order valence-electron chi connectivity index (χ2n) is 9.95. The van der Waals surface area contributed by atoms with Crippen molar-refractivity contribution in [3.8, 4) is 5.75 Å². The van der Waals surface area contributed by atoms with Crippen molar-refractivity contribution < 1.29 is 33.8 Å². The van der Waals surface area contributed by atoms with Gasteiger partial charge in [0.05, 0.1) is 13.7 Å². The van der Waals surface area contributed by atoms with Gasteiger partial charge in [0.15, 0.2) is 0 Å². The molecule has 2 atom stereocenters.